The lowest BCUT2D eigenvalue weighted by Crippen LogP contribution is -2.35. The van der Waals surface area contributed by atoms with E-state index < -0.39 is 30.2 Å². The molecule has 9 heteroatoms. The Hall–Kier alpha value is -3.23. The zero-order valence-electron chi connectivity index (χ0n) is 15.1. The monoisotopic (exact) mass is 397 g/mol. The van der Waals surface area contributed by atoms with Gasteiger partial charge in [0.05, 0.1) is 19.8 Å². The molecule has 2 rings (SSSR count). The number of methoxy groups -OCH3 is 2. The molecule has 0 heterocycles. The minimum Gasteiger partial charge on any atom is -0.497 e. The summed E-state index contributed by atoms with van der Waals surface area (Å²) in [6.07, 6.45) is -4.53. The lowest BCUT2D eigenvalue weighted by molar-refractivity contribution is -0.138. The van der Waals surface area contributed by atoms with Crippen LogP contribution < -0.4 is 9.47 Å². The van der Waals surface area contributed by atoms with Crippen molar-refractivity contribution in [1.82, 2.24) is 4.90 Å². The van der Waals surface area contributed by atoms with Crippen molar-refractivity contribution in [2.24, 2.45) is 0 Å². The molecule has 0 saturated carbocycles. The number of benzene rings is 2. The molecule has 150 valence electrons. The van der Waals surface area contributed by atoms with E-state index in [1.165, 1.54) is 14.2 Å². The maximum atomic E-state index is 12.7. The summed E-state index contributed by atoms with van der Waals surface area (Å²) in [5.74, 6) is -1.06. The second-order valence-corrected chi connectivity index (χ2v) is 5.85. The number of ether oxygens (including phenoxy) is 2. The van der Waals surface area contributed by atoms with E-state index in [-0.39, 0.29) is 12.1 Å². The number of carboxylic acid groups (broad SMARTS) is 1. The molecule has 2 aromatic rings. The maximum Gasteiger partial charge on any atom is 0.416 e. The van der Waals surface area contributed by atoms with Crippen LogP contribution in [0.4, 0.5) is 13.2 Å². The Morgan fingerprint density at radius 2 is 1.54 bits per heavy atom. The van der Waals surface area contributed by atoms with E-state index >= 15 is 0 Å². The number of hydrogen-bond acceptors (Lipinski definition) is 4. The van der Waals surface area contributed by atoms with Crippen molar-refractivity contribution >= 4 is 11.9 Å². The number of carbonyl (C=O) groups excluding carboxylic acids is 1. The predicted molar refractivity (Wildman–Crippen MR) is 93.4 cm³/mol. The van der Waals surface area contributed by atoms with E-state index in [4.69, 9.17) is 14.6 Å². The van der Waals surface area contributed by atoms with Gasteiger partial charge in [-0.05, 0) is 42.0 Å². The topological polar surface area (TPSA) is 76.1 Å². The van der Waals surface area contributed by atoms with E-state index in [0.717, 1.165) is 29.2 Å². The molecule has 6 nitrogen and oxygen atoms in total. The molecule has 0 unspecified atom stereocenters. The first kappa shape index (κ1) is 21.1. The lowest BCUT2D eigenvalue weighted by atomic mass is 10.1. The highest BCUT2D eigenvalue weighted by molar-refractivity contribution is 5.95. The fraction of sp³-hybridized carbons (Fsp3) is 0.263. The number of rotatable bonds is 7. The summed E-state index contributed by atoms with van der Waals surface area (Å²) in [6.45, 7) is -0.723. The van der Waals surface area contributed by atoms with Crippen molar-refractivity contribution in [2.75, 3.05) is 20.8 Å². The fourth-order valence-corrected chi connectivity index (χ4v) is 2.53. The SMILES string of the molecule is COc1cc(CN(CC(=O)O)C(=O)c2ccc(C(F)(F)F)cc2)cc(OC)c1. The Morgan fingerprint density at radius 3 is 1.96 bits per heavy atom. The highest BCUT2D eigenvalue weighted by atomic mass is 19.4. The van der Waals surface area contributed by atoms with Crippen LogP contribution >= 0.6 is 0 Å². The Labute approximate surface area is 159 Å². The summed E-state index contributed by atoms with van der Waals surface area (Å²) in [7, 11) is 2.89. The van der Waals surface area contributed by atoms with Gasteiger partial charge in [0, 0.05) is 18.2 Å². The van der Waals surface area contributed by atoms with Gasteiger partial charge in [0.1, 0.15) is 18.0 Å². The van der Waals surface area contributed by atoms with Crippen molar-refractivity contribution in [1.29, 1.82) is 0 Å². The first-order valence-corrected chi connectivity index (χ1v) is 8.04. The smallest absolute Gasteiger partial charge is 0.416 e. The van der Waals surface area contributed by atoms with Crippen LogP contribution in [0.25, 0.3) is 0 Å². The van der Waals surface area contributed by atoms with Crippen LogP contribution in [0, 0.1) is 0 Å². The number of carbonyl (C=O) groups is 2. The summed E-state index contributed by atoms with van der Waals surface area (Å²) in [6, 6.07) is 8.43. The molecule has 28 heavy (non-hydrogen) atoms. The molecule has 0 aliphatic heterocycles. The van der Waals surface area contributed by atoms with Crippen molar-refractivity contribution in [3.05, 3.63) is 59.2 Å². The molecular formula is C19H18F3NO5. The highest BCUT2D eigenvalue weighted by Gasteiger charge is 2.30. The average Bonchev–Trinajstić information content (AvgIpc) is 2.65. The average molecular weight is 397 g/mol. The first-order valence-electron chi connectivity index (χ1n) is 8.04. The number of alkyl halides is 3. The molecule has 0 spiro atoms. The van der Waals surface area contributed by atoms with E-state index in [0.29, 0.717) is 17.1 Å². The van der Waals surface area contributed by atoms with Gasteiger partial charge in [0.2, 0.25) is 0 Å². The number of hydrogen-bond donors (Lipinski definition) is 1. The van der Waals surface area contributed by atoms with Gasteiger partial charge in [0.25, 0.3) is 5.91 Å². The predicted octanol–water partition coefficient (Wildman–Crippen LogP) is 3.45. The van der Waals surface area contributed by atoms with Crippen LogP contribution in [0.1, 0.15) is 21.5 Å². The van der Waals surface area contributed by atoms with E-state index in [9.17, 15) is 22.8 Å². The van der Waals surface area contributed by atoms with Gasteiger partial charge in [-0.1, -0.05) is 0 Å². The molecule has 0 aliphatic rings. The molecule has 0 aliphatic carbocycles. The Morgan fingerprint density at radius 1 is 1.00 bits per heavy atom. The summed E-state index contributed by atoms with van der Waals surface area (Å²) >= 11 is 0. The third-order valence-corrected chi connectivity index (χ3v) is 3.86. The normalized spacial score (nSPS) is 11.0. The van der Waals surface area contributed by atoms with Gasteiger partial charge >= 0.3 is 12.1 Å². The van der Waals surface area contributed by atoms with Crippen molar-refractivity contribution in [3.8, 4) is 11.5 Å². The first-order chi connectivity index (χ1) is 13.1. The third kappa shape index (κ3) is 5.38. The molecule has 0 aromatic heterocycles. The molecule has 2 aromatic carbocycles. The Balaban J connectivity index is 2.30. The molecule has 1 N–H and O–H groups in total. The Kier molecular flexibility index (Phi) is 6.50. The zero-order valence-corrected chi connectivity index (χ0v) is 15.1. The summed E-state index contributed by atoms with van der Waals surface area (Å²) < 4.78 is 48.3. The maximum absolute atomic E-state index is 12.7. The van der Waals surface area contributed by atoms with Crippen LogP contribution in [0.15, 0.2) is 42.5 Å². The van der Waals surface area contributed by atoms with Crippen LogP contribution in [0.5, 0.6) is 11.5 Å². The quantitative estimate of drug-likeness (QED) is 0.775. The van der Waals surface area contributed by atoms with E-state index in [1.807, 2.05) is 0 Å². The van der Waals surface area contributed by atoms with Crippen molar-refractivity contribution in [2.45, 2.75) is 12.7 Å². The van der Waals surface area contributed by atoms with Gasteiger partial charge in [-0.3, -0.25) is 9.59 Å². The number of amides is 1. The zero-order chi connectivity index (χ0) is 20.9. The third-order valence-electron chi connectivity index (χ3n) is 3.86. The van der Waals surface area contributed by atoms with E-state index in [1.54, 1.807) is 18.2 Å². The minimum atomic E-state index is -4.53. The van der Waals surface area contributed by atoms with Gasteiger partial charge in [-0.15, -0.1) is 0 Å². The standard InChI is InChI=1S/C19H18F3NO5/c1-27-15-7-12(8-16(9-15)28-2)10-23(11-17(24)25)18(26)13-3-5-14(6-4-13)19(20,21)22/h3-9H,10-11H2,1-2H3,(H,24,25). The van der Waals surface area contributed by atoms with Gasteiger partial charge in [0.15, 0.2) is 0 Å². The molecule has 0 fully saturated rings. The minimum absolute atomic E-state index is 0.0517. The number of nitrogens with zero attached hydrogens (tertiary/aromatic N) is 1. The summed E-state index contributed by atoms with van der Waals surface area (Å²) in [5, 5.41) is 9.12. The number of halogens is 3. The molecule has 0 atom stereocenters. The van der Waals surface area contributed by atoms with Crippen molar-refractivity contribution < 1.29 is 37.3 Å². The molecule has 0 radical (unpaired) electrons. The van der Waals surface area contributed by atoms with Crippen LogP contribution in [-0.4, -0.2) is 42.6 Å². The molecular weight excluding hydrogens is 379 g/mol. The van der Waals surface area contributed by atoms with Crippen LogP contribution in [0.3, 0.4) is 0 Å². The number of aliphatic carboxylic acids is 1. The van der Waals surface area contributed by atoms with Crippen molar-refractivity contribution in [3.63, 3.8) is 0 Å². The lowest BCUT2D eigenvalue weighted by Gasteiger charge is -2.22. The van der Waals surface area contributed by atoms with E-state index in [2.05, 4.69) is 0 Å². The largest absolute Gasteiger partial charge is 0.497 e. The van der Waals surface area contributed by atoms with Gasteiger partial charge in [-0.2, -0.15) is 13.2 Å². The van der Waals surface area contributed by atoms with Gasteiger partial charge in [-0.25, -0.2) is 0 Å². The molecule has 0 saturated heterocycles. The fourth-order valence-electron chi connectivity index (χ4n) is 2.53. The van der Waals surface area contributed by atoms with Crippen LogP contribution in [0.2, 0.25) is 0 Å². The summed E-state index contributed by atoms with van der Waals surface area (Å²) in [4.78, 5) is 24.9. The van der Waals surface area contributed by atoms with Gasteiger partial charge < -0.3 is 19.5 Å². The molecule has 0 bridgehead atoms. The Bertz CT molecular complexity index is 827. The second-order valence-electron chi connectivity index (χ2n) is 5.85. The molecule has 1 amide bonds. The van der Waals surface area contributed by atoms with Crippen LogP contribution in [-0.2, 0) is 17.5 Å². The number of carboxylic acids is 1. The highest BCUT2D eigenvalue weighted by Crippen LogP contribution is 2.29. The summed E-state index contributed by atoms with van der Waals surface area (Å²) in [5.41, 5.74) is -0.409. The second kappa shape index (κ2) is 8.64.